The number of amidine groups is 1. The molecule has 2 aromatic rings. The number of nitrogens with two attached hydrogens (primary N) is 1. The quantitative estimate of drug-likeness (QED) is 0.414. The Hall–Kier alpha value is -2.56. The van der Waals surface area contributed by atoms with E-state index in [1.807, 2.05) is 30.3 Å². The van der Waals surface area contributed by atoms with Gasteiger partial charge >= 0.3 is 5.97 Å². The minimum atomic E-state index is -0.776. The average molecular weight is 286 g/mol. The third-order valence-electron chi connectivity index (χ3n) is 3.18. The number of carbonyl (C=O) groups is 1. The maximum absolute atomic E-state index is 10.4. The zero-order valence-electron chi connectivity index (χ0n) is 11.6. The second kappa shape index (κ2) is 6.74. The lowest BCUT2D eigenvalue weighted by Gasteiger charge is -2.08. The smallest absolute Gasteiger partial charge is 0.303 e. The molecule has 0 radical (unpaired) electrons. The van der Waals surface area contributed by atoms with Crippen LogP contribution in [-0.2, 0) is 4.79 Å². The Labute approximate surface area is 122 Å². The normalized spacial score (nSPS) is 10.5. The lowest BCUT2D eigenvalue weighted by molar-refractivity contribution is -0.137. The molecule has 0 aromatic heterocycles. The molecule has 0 saturated heterocycles. The first-order valence-corrected chi connectivity index (χ1v) is 6.79. The highest BCUT2D eigenvalue weighted by Crippen LogP contribution is 2.22. The summed E-state index contributed by atoms with van der Waals surface area (Å²) >= 11 is 0. The maximum atomic E-state index is 10.4. The van der Waals surface area contributed by atoms with E-state index in [0.717, 1.165) is 16.5 Å². The maximum Gasteiger partial charge on any atom is 0.303 e. The second-order valence-electron chi connectivity index (χ2n) is 4.84. The van der Waals surface area contributed by atoms with Gasteiger partial charge in [-0.05, 0) is 41.8 Å². The van der Waals surface area contributed by atoms with E-state index in [0.29, 0.717) is 25.0 Å². The first kappa shape index (κ1) is 14.8. The van der Waals surface area contributed by atoms with Crippen LogP contribution in [0.3, 0.4) is 0 Å². The van der Waals surface area contributed by atoms with Gasteiger partial charge in [-0.2, -0.15) is 0 Å². The number of carboxylic acid groups (broad SMARTS) is 1. The second-order valence-corrected chi connectivity index (χ2v) is 4.84. The van der Waals surface area contributed by atoms with Gasteiger partial charge in [0.15, 0.2) is 0 Å². The van der Waals surface area contributed by atoms with Crippen LogP contribution in [0.2, 0.25) is 0 Å². The Morgan fingerprint density at radius 3 is 2.57 bits per heavy atom. The van der Waals surface area contributed by atoms with E-state index in [2.05, 4.69) is 0 Å². The Kier molecular flexibility index (Phi) is 4.77. The molecule has 0 spiro atoms. The van der Waals surface area contributed by atoms with E-state index in [-0.39, 0.29) is 12.3 Å². The van der Waals surface area contributed by atoms with Crippen LogP contribution < -0.4 is 10.5 Å². The highest BCUT2D eigenvalue weighted by Gasteiger charge is 2.02. The number of benzene rings is 2. The molecule has 0 aliphatic rings. The average Bonchev–Trinajstić information content (AvgIpc) is 2.45. The summed E-state index contributed by atoms with van der Waals surface area (Å²) in [6.45, 7) is 0.504. The van der Waals surface area contributed by atoms with Crippen molar-refractivity contribution in [3.05, 3.63) is 42.0 Å². The highest BCUT2D eigenvalue weighted by atomic mass is 16.5. The predicted octanol–water partition coefficient (Wildman–Crippen LogP) is 2.76. The van der Waals surface area contributed by atoms with Crippen molar-refractivity contribution in [2.45, 2.75) is 19.3 Å². The molecule has 21 heavy (non-hydrogen) atoms. The van der Waals surface area contributed by atoms with Crippen LogP contribution in [0.4, 0.5) is 0 Å². The van der Waals surface area contributed by atoms with Gasteiger partial charge in [0.25, 0.3) is 0 Å². The van der Waals surface area contributed by atoms with Crippen molar-refractivity contribution in [3.8, 4) is 5.75 Å². The van der Waals surface area contributed by atoms with Gasteiger partial charge in [0.1, 0.15) is 11.6 Å². The fraction of sp³-hybridized carbons (Fsp3) is 0.250. The van der Waals surface area contributed by atoms with Gasteiger partial charge in [-0.15, -0.1) is 0 Å². The summed E-state index contributed by atoms with van der Waals surface area (Å²) in [6.07, 6.45) is 1.51. The van der Waals surface area contributed by atoms with Crippen LogP contribution in [0.1, 0.15) is 24.8 Å². The fourth-order valence-electron chi connectivity index (χ4n) is 2.05. The van der Waals surface area contributed by atoms with Crippen molar-refractivity contribution >= 4 is 22.6 Å². The van der Waals surface area contributed by atoms with Gasteiger partial charge < -0.3 is 15.6 Å². The van der Waals surface area contributed by atoms with Crippen molar-refractivity contribution < 1.29 is 14.6 Å². The molecule has 5 nitrogen and oxygen atoms in total. The first-order chi connectivity index (χ1) is 10.1. The molecule has 0 aliphatic carbocycles. The summed E-state index contributed by atoms with van der Waals surface area (Å²) < 4.78 is 5.61. The van der Waals surface area contributed by atoms with Crippen molar-refractivity contribution in [1.29, 1.82) is 5.41 Å². The zero-order valence-corrected chi connectivity index (χ0v) is 11.6. The van der Waals surface area contributed by atoms with Gasteiger partial charge in [0.05, 0.1) is 6.61 Å². The van der Waals surface area contributed by atoms with Gasteiger partial charge in [-0.1, -0.05) is 18.2 Å². The van der Waals surface area contributed by atoms with E-state index in [1.165, 1.54) is 0 Å². The standard InChI is InChI=1S/C16H18N2O3/c17-16(18)13-5-4-12-10-14(7-6-11(12)9-13)21-8-2-1-3-15(19)20/h4-7,9-10H,1-3,8H2,(H3,17,18)(H,19,20). The van der Waals surface area contributed by atoms with Crippen LogP contribution in [-0.4, -0.2) is 23.5 Å². The van der Waals surface area contributed by atoms with Gasteiger partial charge in [-0.25, -0.2) is 0 Å². The molecule has 0 saturated carbocycles. The largest absolute Gasteiger partial charge is 0.494 e. The zero-order chi connectivity index (χ0) is 15.2. The van der Waals surface area contributed by atoms with Gasteiger partial charge in [0.2, 0.25) is 0 Å². The van der Waals surface area contributed by atoms with E-state index < -0.39 is 5.97 Å². The number of hydrogen-bond donors (Lipinski definition) is 3. The van der Waals surface area contributed by atoms with Crippen molar-refractivity contribution in [2.24, 2.45) is 5.73 Å². The summed E-state index contributed by atoms with van der Waals surface area (Å²) in [4.78, 5) is 10.4. The molecule has 0 aliphatic heterocycles. The topological polar surface area (TPSA) is 96.4 Å². The molecule has 110 valence electrons. The molecule has 0 bridgehead atoms. The molecule has 5 heteroatoms. The van der Waals surface area contributed by atoms with E-state index >= 15 is 0 Å². The number of unbranched alkanes of at least 4 members (excludes halogenated alkanes) is 1. The van der Waals surface area contributed by atoms with Crippen LogP contribution in [0.5, 0.6) is 5.75 Å². The number of hydrogen-bond acceptors (Lipinski definition) is 3. The molecule has 4 N–H and O–H groups in total. The number of aliphatic carboxylic acids is 1. The minimum Gasteiger partial charge on any atom is -0.494 e. The lowest BCUT2D eigenvalue weighted by atomic mass is 10.1. The van der Waals surface area contributed by atoms with E-state index in [1.54, 1.807) is 6.07 Å². The number of ether oxygens (including phenoxy) is 1. The van der Waals surface area contributed by atoms with Crippen LogP contribution >= 0.6 is 0 Å². The third-order valence-corrected chi connectivity index (χ3v) is 3.18. The van der Waals surface area contributed by atoms with Crippen LogP contribution in [0.15, 0.2) is 36.4 Å². The number of carboxylic acids is 1. The molecule has 0 amide bonds. The number of nitrogens with one attached hydrogen (secondary N) is 1. The molecular formula is C16H18N2O3. The summed E-state index contributed by atoms with van der Waals surface area (Å²) in [5.74, 6) is 0.0334. The summed E-state index contributed by atoms with van der Waals surface area (Å²) in [5.41, 5.74) is 6.17. The third kappa shape index (κ3) is 4.21. The van der Waals surface area contributed by atoms with Crippen molar-refractivity contribution in [2.75, 3.05) is 6.61 Å². The molecule has 2 rings (SSSR count). The van der Waals surface area contributed by atoms with Crippen molar-refractivity contribution in [3.63, 3.8) is 0 Å². The Morgan fingerprint density at radius 1 is 1.14 bits per heavy atom. The molecule has 0 fully saturated rings. The first-order valence-electron chi connectivity index (χ1n) is 6.79. The van der Waals surface area contributed by atoms with Crippen LogP contribution in [0.25, 0.3) is 10.8 Å². The minimum absolute atomic E-state index is 0.0515. The SMILES string of the molecule is N=C(N)c1ccc2cc(OCCCCC(=O)O)ccc2c1. The molecule has 2 aromatic carbocycles. The van der Waals surface area contributed by atoms with Crippen molar-refractivity contribution in [1.82, 2.24) is 0 Å². The predicted molar refractivity (Wildman–Crippen MR) is 81.9 cm³/mol. The molecule has 0 heterocycles. The Bertz CT molecular complexity index is 668. The monoisotopic (exact) mass is 286 g/mol. The van der Waals surface area contributed by atoms with E-state index in [4.69, 9.17) is 21.0 Å². The molecular weight excluding hydrogens is 268 g/mol. The Morgan fingerprint density at radius 2 is 1.86 bits per heavy atom. The number of fused-ring (bicyclic) bond motifs is 1. The van der Waals surface area contributed by atoms with Crippen LogP contribution in [0, 0.1) is 5.41 Å². The fourth-order valence-corrected chi connectivity index (χ4v) is 2.05. The lowest BCUT2D eigenvalue weighted by Crippen LogP contribution is -2.10. The summed E-state index contributed by atoms with van der Waals surface area (Å²) in [6, 6.07) is 11.3. The number of nitrogen functional groups attached to an aromatic ring is 1. The molecule has 0 atom stereocenters. The Balaban J connectivity index is 1.97. The molecule has 0 unspecified atom stereocenters. The number of rotatable bonds is 7. The van der Waals surface area contributed by atoms with Gasteiger partial charge in [0, 0.05) is 12.0 Å². The van der Waals surface area contributed by atoms with Gasteiger partial charge in [-0.3, -0.25) is 10.2 Å². The summed E-state index contributed by atoms with van der Waals surface area (Å²) in [7, 11) is 0. The summed E-state index contributed by atoms with van der Waals surface area (Å²) in [5, 5.41) is 18.0. The van der Waals surface area contributed by atoms with E-state index in [9.17, 15) is 4.79 Å². The highest BCUT2D eigenvalue weighted by molar-refractivity contribution is 5.99.